The van der Waals surface area contributed by atoms with Crippen molar-refractivity contribution in [2.24, 2.45) is 0 Å². The van der Waals surface area contributed by atoms with Crippen molar-refractivity contribution in [2.75, 3.05) is 0 Å². The molecule has 0 amide bonds. The van der Waals surface area contributed by atoms with Crippen molar-refractivity contribution < 1.29 is 14.3 Å². The molecule has 2 aromatic carbocycles. The van der Waals surface area contributed by atoms with Gasteiger partial charge < -0.3 is 14.1 Å². The molecule has 5 aromatic rings. The van der Waals surface area contributed by atoms with E-state index in [0.717, 1.165) is 38.8 Å². The second kappa shape index (κ2) is 8.86. The number of hydrogen-bond donors (Lipinski definition) is 2. The fourth-order valence-electron chi connectivity index (χ4n) is 4.22. The number of aromatic carboxylic acids is 1. The molecule has 0 saturated heterocycles. The summed E-state index contributed by atoms with van der Waals surface area (Å²) >= 11 is 3.72. The largest absolute Gasteiger partial charge is 0.477 e. The molecule has 0 aliphatic heterocycles. The van der Waals surface area contributed by atoms with Crippen LogP contribution in [-0.4, -0.2) is 41.3 Å². The van der Waals surface area contributed by atoms with Crippen LogP contribution in [0.5, 0.6) is 0 Å². The van der Waals surface area contributed by atoms with Gasteiger partial charge in [0.05, 0.1) is 10.2 Å². The van der Waals surface area contributed by atoms with E-state index in [2.05, 4.69) is 48.5 Å². The van der Waals surface area contributed by atoms with Crippen LogP contribution in [0.2, 0.25) is 0 Å². The molecule has 0 saturated carbocycles. The number of imidazole rings is 1. The highest BCUT2D eigenvalue weighted by Crippen LogP contribution is 2.41. The molecule has 0 fully saturated rings. The van der Waals surface area contributed by atoms with Gasteiger partial charge >= 0.3 is 5.97 Å². The maximum absolute atomic E-state index is 11.9. The first-order valence-electron chi connectivity index (χ1n) is 10.8. The fraction of sp³-hybridized carbons (Fsp3) is 0.208. The summed E-state index contributed by atoms with van der Waals surface area (Å²) < 4.78 is 8.81. The quantitative estimate of drug-likeness (QED) is 0.300. The first kappa shape index (κ1) is 22.0. The molecule has 172 valence electrons. The smallest absolute Gasteiger partial charge is 0.354 e. The number of carboxylic acid groups (broad SMARTS) is 1. The van der Waals surface area contributed by atoms with Crippen molar-refractivity contribution in [3.63, 3.8) is 0 Å². The SMILES string of the molecule is CCCc1nc(C)c(C(=O)O)n1Cc1ccc2oc(-c3ccccc3-c3nnn[nH]3)c(Br)c2c1. The molecule has 2 N–H and O–H groups in total. The molecule has 0 bridgehead atoms. The molecule has 0 atom stereocenters. The number of aromatic amines is 1. The predicted molar refractivity (Wildman–Crippen MR) is 130 cm³/mol. The average molecular weight is 521 g/mol. The van der Waals surface area contributed by atoms with E-state index in [1.807, 2.05) is 42.5 Å². The minimum atomic E-state index is -0.973. The lowest BCUT2D eigenvalue weighted by atomic mass is 10.0. The Balaban J connectivity index is 1.58. The lowest BCUT2D eigenvalue weighted by Gasteiger charge is -2.10. The van der Waals surface area contributed by atoms with Crippen LogP contribution < -0.4 is 0 Å². The molecule has 0 aliphatic carbocycles. The Morgan fingerprint density at radius 1 is 1.21 bits per heavy atom. The van der Waals surface area contributed by atoms with Crippen molar-refractivity contribution in [2.45, 2.75) is 33.2 Å². The van der Waals surface area contributed by atoms with E-state index < -0.39 is 5.97 Å². The minimum Gasteiger partial charge on any atom is -0.477 e. The molecule has 5 rings (SSSR count). The number of fused-ring (bicyclic) bond motifs is 1. The number of carbonyl (C=O) groups is 1. The average Bonchev–Trinajstić information content (AvgIpc) is 3.53. The number of furan rings is 1. The number of rotatable bonds is 7. The molecular formula is C24H21BrN6O3. The Morgan fingerprint density at radius 2 is 2.00 bits per heavy atom. The van der Waals surface area contributed by atoms with Crippen molar-refractivity contribution in [1.82, 2.24) is 30.2 Å². The summed E-state index contributed by atoms with van der Waals surface area (Å²) in [4.78, 5) is 16.4. The summed E-state index contributed by atoms with van der Waals surface area (Å²) in [5.41, 5.74) is 4.08. The molecule has 34 heavy (non-hydrogen) atoms. The van der Waals surface area contributed by atoms with Gasteiger partial charge in [0.25, 0.3) is 0 Å². The highest BCUT2D eigenvalue weighted by atomic mass is 79.9. The van der Waals surface area contributed by atoms with Crippen LogP contribution in [0.25, 0.3) is 33.7 Å². The fourth-order valence-corrected chi connectivity index (χ4v) is 4.82. The molecule has 0 aliphatic rings. The zero-order chi connectivity index (χ0) is 23.8. The van der Waals surface area contributed by atoms with E-state index in [4.69, 9.17) is 4.42 Å². The maximum Gasteiger partial charge on any atom is 0.354 e. The third kappa shape index (κ3) is 3.79. The maximum atomic E-state index is 11.9. The zero-order valence-corrected chi connectivity index (χ0v) is 20.1. The molecule has 3 aromatic heterocycles. The Hall–Kier alpha value is -3.79. The summed E-state index contributed by atoms with van der Waals surface area (Å²) in [6.45, 7) is 4.20. The number of nitrogens with zero attached hydrogens (tertiary/aromatic N) is 5. The summed E-state index contributed by atoms with van der Waals surface area (Å²) in [5.74, 6) is 1.01. The van der Waals surface area contributed by atoms with E-state index in [-0.39, 0.29) is 5.69 Å². The number of aromatic nitrogens is 6. The first-order chi connectivity index (χ1) is 16.5. The molecular weight excluding hydrogens is 500 g/mol. The van der Waals surface area contributed by atoms with E-state index in [1.54, 1.807) is 11.5 Å². The van der Waals surface area contributed by atoms with Crippen LogP contribution in [0.3, 0.4) is 0 Å². The topological polar surface area (TPSA) is 123 Å². The van der Waals surface area contributed by atoms with Crippen LogP contribution in [0.15, 0.2) is 51.4 Å². The third-order valence-electron chi connectivity index (χ3n) is 5.70. The van der Waals surface area contributed by atoms with Crippen molar-refractivity contribution in [3.05, 3.63) is 69.7 Å². The number of aryl methyl sites for hydroxylation is 2. The summed E-state index contributed by atoms with van der Waals surface area (Å²) in [6.07, 6.45) is 1.59. The van der Waals surface area contributed by atoms with Crippen LogP contribution in [0.1, 0.15) is 40.9 Å². The monoisotopic (exact) mass is 520 g/mol. The second-order valence-corrected chi connectivity index (χ2v) is 8.77. The zero-order valence-electron chi connectivity index (χ0n) is 18.5. The summed E-state index contributed by atoms with van der Waals surface area (Å²) in [5, 5.41) is 24.8. The predicted octanol–water partition coefficient (Wildman–Crippen LogP) is 5.25. The Labute approximate surface area is 203 Å². The standard InChI is InChI=1S/C24H21BrN6O3/c1-3-6-19-26-13(2)21(24(32)33)31(19)12-14-9-10-18-17(11-14)20(25)22(34-18)15-7-4-5-8-16(15)23-27-29-30-28-23/h4-5,7-11H,3,6,12H2,1-2H3,(H,32,33)(H,27,28,29,30). The summed E-state index contributed by atoms with van der Waals surface area (Å²) in [7, 11) is 0. The number of carboxylic acids is 1. The lowest BCUT2D eigenvalue weighted by Crippen LogP contribution is -2.13. The molecule has 9 nitrogen and oxygen atoms in total. The van der Waals surface area contributed by atoms with Gasteiger partial charge in [-0.15, -0.1) is 5.10 Å². The van der Waals surface area contributed by atoms with Gasteiger partial charge in [0.2, 0.25) is 0 Å². The molecule has 0 radical (unpaired) electrons. The molecule has 0 spiro atoms. The lowest BCUT2D eigenvalue weighted by molar-refractivity contribution is 0.0684. The Kier molecular flexibility index (Phi) is 5.74. The second-order valence-electron chi connectivity index (χ2n) is 7.97. The normalized spacial score (nSPS) is 11.4. The third-order valence-corrected chi connectivity index (χ3v) is 6.49. The van der Waals surface area contributed by atoms with Gasteiger partial charge in [-0.2, -0.15) is 0 Å². The van der Waals surface area contributed by atoms with Crippen molar-refractivity contribution >= 4 is 32.9 Å². The van der Waals surface area contributed by atoms with Crippen molar-refractivity contribution in [3.8, 4) is 22.7 Å². The highest BCUT2D eigenvalue weighted by molar-refractivity contribution is 9.10. The van der Waals surface area contributed by atoms with Gasteiger partial charge in [0, 0.05) is 29.5 Å². The number of hydrogen-bond acceptors (Lipinski definition) is 6. The number of halogens is 1. The van der Waals surface area contributed by atoms with Crippen LogP contribution in [0.4, 0.5) is 0 Å². The van der Waals surface area contributed by atoms with Gasteiger partial charge in [-0.1, -0.05) is 37.3 Å². The number of nitrogens with one attached hydrogen (secondary N) is 1. The first-order valence-corrected chi connectivity index (χ1v) is 11.6. The van der Waals surface area contributed by atoms with Crippen LogP contribution in [0, 0.1) is 6.92 Å². The van der Waals surface area contributed by atoms with Gasteiger partial charge in [0.15, 0.2) is 11.5 Å². The minimum absolute atomic E-state index is 0.227. The number of H-pyrrole nitrogens is 1. The van der Waals surface area contributed by atoms with E-state index in [1.165, 1.54) is 0 Å². The highest BCUT2D eigenvalue weighted by Gasteiger charge is 2.22. The molecule has 3 heterocycles. The van der Waals surface area contributed by atoms with Crippen molar-refractivity contribution in [1.29, 1.82) is 0 Å². The molecule has 0 unspecified atom stereocenters. The van der Waals surface area contributed by atoms with Gasteiger partial charge in [0.1, 0.15) is 17.2 Å². The van der Waals surface area contributed by atoms with Gasteiger partial charge in [-0.3, -0.25) is 0 Å². The Bertz CT molecular complexity index is 1500. The molecule has 10 heteroatoms. The van der Waals surface area contributed by atoms with Crippen LogP contribution in [-0.2, 0) is 13.0 Å². The van der Waals surface area contributed by atoms with E-state index >= 15 is 0 Å². The van der Waals surface area contributed by atoms with E-state index in [0.29, 0.717) is 35.8 Å². The van der Waals surface area contributed by atoms with Gasteiger partial charge in [-0.25, -0.2) is 14.9 Å². The number of tetrazole rings is 1. The summed E-state index contributed by atoms with van der Waals surface area (Å²) in [6, 6.07) is 13.6. The van der Waals surface area contributed by atoms with Crippen LogP contribution >= 0.6 is 15.9 Å². The van der Waals surface area contributed by atoms with Gasteiger partial charge in [-0.05, 0) is 57.4 Å². The number of benzene rings is 2. The Morgan fingerprint density at radius 3 is 2.71 bits per heavy atom. The van der Waals surface area contributed by atoms with E-state index in [9.17, 15) is 9.90 Å².